The van der Waals surface area contributed by atoms with Gasteiger partial charge in [-0.3, -0.25) is 0 Å². The van der Waals surface area contributed by atoms with Gasteiger partial charge in [0.05, 0.1) is 7.11 Å². The minimum absolute atomic E-state index is 0.00760. The summed E-state index contributed by atoms with van der Waals surface area (Å²) in [6, 6.07) is 18.0. The first-order valence-corrected chi connectivity index (χ1v) is 12.0. The van der Waals surface area contributed by atoms with Crippen LogP contribution in [0.3, 0.4) is 0 Å². The molecule has 180 valence electrons. The Morgan fingerprint density at radius 3 is 1.88 bits per heavy atom. The molecule has 0 atom stereocenters. The van der Waals surface area contributed by atoms with Crippen molar-refractivity contribution in [2.24, 2.45) is 0 Å². The summed E-state index contributed by atoms with van der Waals surface area (Å²) < 4.78 is 48.6. The number of amides is 2. The van der Waals surface area contributed by atoms with Gasteiger partial charge in [-0.15, -0.1) is 0 Å². The molecule has 7 nitrogen and oxygen atoms in total. The van der Waals surface area contributed by atoms with Crippen molar-refractivity contribution in [1.29, 1.82) is 0 Å². The van der Waals surface area contributed by atoms with Gasteiger partial charge in [0.25, 0.3) is 0 Å². The van der Waals surface area contributed by atoms with Crippen LogP contribution in [0.25, 0.3) is 0 Å². The molecule has 3 aromatic rings. The number of benzene rings is 3. The van der Waals surface area contributed by atoms with E-state index in [0.29, 0.717) is 5.75 Å². The summed E-state index contributed by atoms with van der Waals surface area (Å²) >= 11 is 0. The van der Waals surface area contributed by atoms with E-state index in [1.165, 1.54) is 55.6 Å². The van der Waals surface area contributed by atoms with Crippen LogP contribution in [0.1, 0.15) is 25.0 Å². The zero-order valence-corrected chi connectivity index (χ0v) is 20.0. The van der Waals surface area contributed by atoms with Gasteiger partial charge in [0.1, 0.15) is 22.2 Å². The van der Waals surface area contributed by atoms with Gasteiger partial charge in [-0.25, -0.2) is 9.18 Å². The molecule has 0 bridgehead atoms. The molecule has 0 fully saturated rings. The van der Waals surface area contributed by atoms with E-state index >= 15 is 0 Å². The first-order chi connectivity index (χ1) is 16.2. The Morgan fingerprint density at radius 1 is 0.882 bits per heavy atom. The van der Waals surface area contributed by atoms with E-state index in [1.54, 1.807) is 29.2 Å². The number of hydrogen-bond donors (Lipinski definition) is 1. The maximum Gasteiger partial charge on any atom is 0.339 e. The standard InChI is InChI=1S/C25H27FN2O5S/c1-18(2)27-25(29)28(16-19-4-8-21(26)9-5-19)17-20-6-10-23(11-7-20)33-34(30,31)24-14-12-22(32-3)13-15-24/h4-15,18H,16-17H2,1-3H3,(H,27,29). The average Bonchev–Trinajstić information content (AvgIpc) is 2.80. The van der Waals surface area contributed by atoms with E-state index < -0.39 is 10.1 Å². The van der Waals surface area contributed by atoms with E-state index in [-0.39, 0.29) is 41.6 Å². The van der Waals surface area contributed by atoms with Gasteiger partial charge < -0.3 is 19.1 Å². The topological polar surface area (TPSA) is 84.9 Å². The minimum atomic E-state index is -4.01. The Hall–Kier alpha value is -3.59. The van der Waals surface area contributed by atoms with Crippen LogP contribution in [0.4, 0.5) is 9.18 Å². The normalized spacial score (nSPS) is 11.2. The predicted molar refractivity (Wildman–Crippen MR) is 127 cm³/mol. The monoisotopic (exact) mass is 486 g/mol. The third-order valence-corrected chi connectivity index (χ3v) is 6.10. The molecule has 0 radical (unpaired) electrons. The molecule has 0 saturated heterocycles. The number of carbonyl (C=O) groups excluding carboxylic acids is 1. The van der Waals surface area contributed by atoms with E-state index in [1.807, 2.05) is 13.8 Å². The lowest BCUT2D eigenvalue weighted by atomic mass is 10.1. The quantitative estimate of drug-likeness (QED) is 0.443. The number of rotatable bonds is 9. The van der Waals surface area contributed by atoms with Crippen molar-refractivity contribution in [2.75, 3.05) is 7.11 Å². The highest BCUT2D eigenvalue weighted by Gasteiger charge is 2.18. The first kappa shape index (κ1) is 25.0. The lowest BCUT2D eigenvalue weighted by molar-refractivity contribution is 0.189. The SMILES string of the molecule is COc1ccc(S(=O)(=O)Oc2ccc(CN(Cc3ccc(F)cc3)C(=O)NC(C)C)cc2)cc1. The van der Waals surface area contributed by atoms with E-state index in [0.717, 1.165) is 11.1 Å². The molecule has 34 heavy (non-hydrogen) atoms. The molecule has 0 spiro atoms. The summed E-state index contributed by atoms with van der Waals surface area (Å²) in [5.41, 5.74) is 1.56. The first-order valence-electron chi connectivity index (χ1n) is 10.6. The van der Waals surface area contributed by atoms with Gasteiger partial charge in [0.15, 0.2) is 0 Å². The molecule has 2 amide bonds. The van der Waals surface area contributed by atoms with Crippen LogP contribution < -0.4 is 14.2 Å². The van der Waals surface area contributed by atoms with Crippen LogP contribution in [0.5, 0.6) is 11.5 Å². The van der Waals surface area contributed by atoms with Crippen LogP contribution in [0, 0.1) is 5.82 Å². The van der Waals surface area contributed by atoms with Gasteiger partial charge in [-0.2, -0.15) is 8.42 Å². The number of methoxy groups -OCH3 is 1. The number of carbonyl (C=O) groups is 1. The Balaban J connectivity index is 1.72. The molecule has 0 heterocycles. The molecule has 9 heteroatoms. The largest absolute Gasteiger partial charge is 0.497 e. The zero-order chi connectivity index (χ0) is 24.7. The fourth-order valence-corrected chi connectivity index (χ4v) is 4.07. The van der Waals surface area contributed by atoms with Crippen LogP contribution in [0.2, 0.25) is 0 Å². The second-order valence-corrected chi connectivity index (χ2v) is 9.49. The summed E-state index contributed by atoms with van der Waals surface area (Å²) in [6.07, 6.45) is 0. The maximum absolute atomic E-state index is 13.2. The molecule has 0 aliphatic heterocycles. The van der Waals surface area contributed by atoms with Crippen molar-refractivity contribution in [3.05, 3.63) is 89.7 Å². The Labute approximate surface area is 199 Å². The summed E-state index contributed by atoms with van der Waals surface area (Å²) in [5, 5.41) is 2.86. The highest BCUT2D eigenvalue weighted by Crippen LogP contribution is 2.22. The molecule has 3 aromatic carbocycles. The molecule has 0 aliphatic carbocycles. The molecule has 0 aromatic heterocycles. The minimum Gasteiger partial charge on any atom is -0.497 e. The molecule has 0 unspecified atom stereocenters. The van der Waals surface area contributed by atoms with E-state index in [9.17, 15) is 17.6 Å². The van der Waals surface area contributed by atoms with Gasteiger partial charge in [0, 0.05) is 19.1 Å². The average molecular weight is 487 g/mol. The number of halogens is 1. The van der Waals surface area contributed by atoms with Crippen LogP contribution in [0.15, 0.2) is 77.7 Å². The van der Waals surface area contributed by atoms with Crippen LogP contribution >= 0.6 is 0 Å². The van der Waals surface area contributed by atoms with Crippen LogP contribution in [-0.4, -0.2) is 32.5 Å². The van der Waals surface area contributed by atoms with Crippen LogP contribution in [-0.2, 0) is 23.2 Å². The van der Waals surface area contributed by atoms with Gasteiger partial charge >= 0.3 is 16.1 Å². The third-order valence-electron chi connectivity index (χ3n) is 4.84. The number of hydrogen-bond acceptors (Lipinski definition) is 5. The molecular weight excluding hydrogens is 459 g/mol. The van der Waals surface area contributed by atoms with Gasteiger partial charge in [-0.05, 0) is 73.5 Å². The lowest BCUT2D eigenvalue weighted by Crippen LogP contribution is -2.42. The smallest absolute Gasteiger partial charge is 0.339 e. The molecule has 0 aliphatic rings. The zero-order valence-electron chi connectivity index (χ0n) is 19.2. The third kappa shape index (κ3) is 6.95. The second kappa shape index (κ2) is 11.0. The number of nitrogens with zero attached hydrogens (tertiary/aromatic N) is 1. The van der Waals surface area contributed by atoms with Crippen molar-refractivity contribution in [3.63, 3.8) is 0 Å². The second-order valence-electron chi connectivity index (χ2n) is 7.94. The lowest BCUT2D eigenvalue weighted by Gasteiger charge is -2.25. The highest BCUT2D eigenvalue weighted by molar-refractivity contribution is 7.87. The van der Waals surface area contributed by atoms with Crippen molar-refractivity contribution in [1.82, 2.24) is 10.2 Å². The Bertz CT molecular complexity index is 1200. The van der Waals surface area contributed by atoms with Crippen molar-refractivity contribution in [3.8, 4) is 11.5 Å². The molecular formula is C25H27FN2O5S. The van der Waals surface area contributed by atoms with Crippen molar-refractivity contribution in [2.45, 2.75) is 37.9 Å². The number of nitrogens with one attached hydrogen (secondary N) is 1. The molecule has 0 saturated carbocycles. The van der Waals surface area contributed by atoms with Gasteiger partial charge in [-0.1, -0.05) is 24.3 Å². The van der Waals surface area contributed by atoms with Crippen molar-refractivity contribution < 1.29 is 26.5 Å². The van der Waals surface area contributed by atoms with E-state index in [2.05, 4.69) is 5.32 Å². The Kier molecular flexibility index (Phi) is 8.12. The summed E-state index contributed by atoms with van der Waals surface area (Å²) in [4.78, 5) is 14.3. The van der Waals surface area contributed by atoms with Gasteiger partial charge in [0.2, 0.25) is 0 Å². The predicted octanol–water partition coefficient (Wildman–Crippen LogP) is 4.72. The molecule has 1 N–H and O–H groups in total. The number of ether oxygens (including phenoxy) is 1. The summed E-state index contributed by atoms with van der Waals surface area (Å²) in [6.45, 7) is 4.27. The maximum atomic E-state index is 13.2. The summed E-state index contributed by atoms with van der Waals surface area (Å²) in [5.74, 6) is 0.341. The Morgan fingerprint density at radius 2 is 1.38 bits per heavy atom. The molecule has 3 rings (SSSR count). The number of urea groups is 1. The fraction of sp³-hybridized carbons (Fsp3) is 0.240. The van der Waals surface area contributed by atoms with Crippen molar-refractivity contribution >= 4 is 16.1 Å². The summed E-state index contributed by atoms with van der Waals surface area (Å²) in [7, 11) is -2.51. The highest BCUT2D eigenvalue weighted by atomic mass is 32.2. The van der Waals surface area contributed by atoms with E-state index in [4.69, 9.17) is 8.92 Å². The fourth-order valence-electron chi connectivity index (χ4n) is 3.14.